The van der Waals surface area contributed by atoms with Gasteiger partial charge in [-0.15, -0.1) is 0 Å². The van der Waals surface area contributed by atoms with Crippen LogP contribution in [0.1, 0.15) is 64.6 Å². The summed E-state index contributed by atoms with van der Waals surface area (Å²) in [5.74, 6) is -6.13. The number of carbonyl (C=O) groups is 7. The van der Waals surface area contributed by atoms with Gasteiger partial charge in [0.15, 0.2) is 5.96 Å². The molecule has 0 saturated heterocycles. The molecule has 0 saturated carbocycles. The van der Waals surface area contributed by atoms with E-state index in [1.54, 1.807) is 30.3 Å². The largest absolute Gasteiger partial charge is 0.480 e. The number of guanidine groups is 1. The average molecular weight is 845 g/mol. The number of imidazole rings is 1. The van der Waals surface area contributed by atoms with Crippen molar-refractivity contribution in [1.82, 2.24) is 41.9 Å². The van der Waals surface area contributed by atoms with Crippen molar-refractivity contribution in [2.75, 3.05) is 18.8 Å². The van der Waals surface area contributed by atoms with Gasteiger partial charge in [-0.2, -0.15) is 12.6 Å². The van der Waals surface area contributed by atoms with E-state index in [-0.39, 0.29) is 62.2 Å². The fraction of sp³-hybridized carbons (Fsp3) is 0.553. The summed E-state index contributed by atoms with van der Waals surface area (Å²) in [6.45, 7) is 6.98. The number of benzene rings is 1. The molecule has 0 aliphatic carbocycles. The van der Waals surface area contributed by atoms with Crippen LogP contribution in [0.15, 0.2) is 47.8 Å². The summed E-state index contributed by atoms with van der Waals surface area (Å²) < 4.78 is 0. The Hall–Kier alpha value is -5.70. The molecule has 14 N–H and O–H groups in total. The van der Waals surface area contributed by atoms with E-state index in [0.717, 1.165) is 0 Å². The van der Waals surface area contributed by atoms with Crippen LogP contribution in [0, 0.1) is 11.8 Å². The summed E-state index contributed by atoms with van der Waals surface area (Å²) in [5, 5.41) is 24.8. The molecular formula is C38H60N12O8S. The van der Waals surface area contributed by atoms with E-state index < -0.39 is 84.2 Å². The first kappa shape index (κ1) is 49.4. The lowest BCUT2D eigenvalue weighted by molar-refractivity contribution is -0.141. The Balaban J connectivity index is 2.41. The van der Waals surface area contributed by atoms with Gasteiger partial charge >= 0.3 is 5.97 Å². The van der Waals surface area contributed by atoms with Crippen LogP contribution in [0.2, 0.25) is 0 Å². The smallest absolute Gasteiger partial charge is 0.327 e. The number of carboxylic acids is 1. The SMILES string of the molecule is CC[C@H](C)[C@H](N)C(=O)N[C@@H](CC(C)C)C(=O)N[C@@H](Cc1ccccc1)C(=O)N[C@@H](CCCN=C(N)N)C(=O)N[C@@H](Cc1cnc[nH]1)C(=O)NCC(=O)N[C@@H](CS)C(=O)O. The summed E-state index contributed by atoms with van der Waals surface area (Å²) in [5.41, 5.74) is 18.3. The molecule has 0 aliphatic heterocycles. The van der Waals surface area contributed by atoms with Crippen molar-refractivity contribution in [3.63, 3.8) is 0 Å². The van der Waals surface area contributed by atoms with Gasteiger partial charge in [-0.05, 0) is 36.7 Å². The number of aromatic nitrogens is 2. The standard InChI is InChI=1S/C38H60N12O8S/c1-5-22(4)31(39)36(56)50-26(14-21(2)3)34(54)48-27(15-23-10-7-6-8-11-23)35(55)47-25(12-9-13-43-38(40)41)33(53)49-28(16-24-17-42-20-45-24)32(52)44-18-30(51)46-29(19-59)37(57)58/h6-8,10-11,17,20-22,25-29,31,59H,5,9,12-16,18-19,39H2,1-4H3,(H,42,45)(H,44,52)(H,46,51)(H,47,55)(H,48,54)(H,49,53)(H,50,56)(H,57,58)(H4,40,41,43)/t22-,25-,26-,27-,28-,29-,31-/m0/s1. The van der Waals surface area contributed by atoms with Crippen LogP contribution in [0.25, 0.3) is 0 Å². The molecule has 21 heteroatoms. The van der Waals surface area contributed by atoms with Gasteiger partial charge in [-0.25, -0.2) is 9.78 Å². The number of nitrogens with one attached hydrogen (secondary N) is 7. The zero-order chi connectivity index (χ0) is 44.1. The minimum Gasteiger partial charge on any atom is -0.480 e. The molecule has 20 nitrogen and oxygen atoms in total. The molecule has 0 aliphatic rings. The van der Waals surface area contributed by atoms with Crippen molar-refractivity contribution in [3.05, 3.63) is 54.1 Å². The maximum absolute atomic E-state index is 14.2. The van der Waals surface area contributed by atoms with Crippen LogP contribution in [-0.2, 0) is 46.4 Å². The number of hydrogen-bond acceptors (Lipinski definition) is 11. The van der Waals surface area contributed by atoms with Crippen molar-refractivity contribution in [2.24, 2.45) is 34.0 Å². The van der Waals surface area contributed by atoms with Crippen LogP contribution in [0.3, 0.4) is 0 Å². The number of nitrogens with two attached hydrogens (primary N) is 3. The molecule has 2 rings (SSSR count). The number of amides is 6. The van der Waals surface area contributed by atoms with Gasteiger partial charge in [0.2, 0.25) is 35.4 Å². The van der Waals surface area contributed by atoms with E-state index in [1.165, 1.54) is 12.5 Å². The molecular weight excluding hydrogens is 785 g/mol. The fourth-order valence-corrected chi connectivity index (χ4v) is 5.93. The molecule has 326 valence electrons. The monoisotopic (exact) mass is 844 g/mol. The van der Waals surface area contributed by atoms with Crippen LogP contribution >= 0.6 is 12.6 Å². The zero-order valence-corrected chi connectivity index (χ0v) is 34.8. The minimum atomic E-state index is -1.31. The van der Waals surface area contributed by atoms with Crippen LogP contribution in [0.5, 0.6) is 0 Å². The Morgan fingerprint density at radius 1 is 0.814 bits per heavy atom. The van der Waals surface area contributed by atoms with E-state index in [0.29, 0.717) is 17.7 Å². The van der Waals surface area contributed by atoms with E-state index in [1.807, 2.05) is 27.7 Å². The highest BCUT2D eigenvalue weighted by molar-refractivity contribution is 7.80. The van der Waals surface area contributed by atoms with E-state index >= 15 is 0 Å². The molecule has 0 bridgehead atoms. The lowest BCUT2D eigenvalue weighted by Crippen LogP contribution is -2.60. The van der Waals surface area contributed by atoms with E-state index in [9.17, 15) is 38.7 Å². The molecule has 59 heavy (non-hydrogen) atoms. The number of aliphatic imine (C=N–C) groups is 1. The highest BCUT2D eigenvalue weighted by Crippen LogP contribution is 2.12. The fourth-order valence-electron chi connectivity index (χ4n) is 5.68. The van der Waals surface area contributed by atoms with Gasteiger partial charge in [0.05, 0.1) is 18.9 Å². The topological polar surface area (TPSA) is 331 Å². The molecule has 1 aromatic heterocycles. The Morgan fingerprint density at radius 2 is 1.41 bits per heavy atom. The number of thiol groups is 1. The summed E-state index contributed by atoms with van der Waals surface area (Å²) in [4.78, 5) is 103. The first-order valence-electron chi connectivity index (χ1n) is 19.4. The van der Waals surface area contributed by atoms with E-state index in [2.05, 4.69) is 59.5 Å². The third kappa shape index (κ3) is 18.2. The second kappa shape index (κ2) is 25.6. The summed E-state index contributed by atoms with van der Waals surface area (Å²) in [6, 6.07) is 1.84. The lowest BCUT2D eigenvalue weighted by Gasteiger charge is -2.28. The number of rotatable bonds is 26. The number of H-pyrrole nitrogens is 1. The lowest BCUT2D eigenvalue weighted by atomic mass is 9.97. The number of carboxylic acid groups (broad SMARTS) is 1. The Bertz CT molecular complexity index is 1710. The molecule has 0 spiro atoms. The normalized spacial score (nSPS) is 14.6. The average Bonchev–Trinajstić information content (AvgIpc) is 3.71. The molecule has 0 unspecified atom stereocenters. The molecule has 7 atom stereocenters. The molecule has 1 aromatic carbocycles. The maximum atomic E-state index is 14.2. The third-order valence-corrected chi connectivity index (χ3v) is 9.61. The van der Waals surface area contributed by atoms with Gasteiger partial charge in [0, 0.05) is 37.0 Å². The predicted octanol–water partition coefficient (Wildman–Crippen LogP) is -1.78. The van der Waals surface area contributed by atoms with Crippen LogP contribution in [0.4, 0.5) is 0 Å². The Morgan fingerprint density at radius 3 is 1.97 bits per heavy atom. The Kier molecular flexibility index (Phi) is 21.5. The minimum absolute atomic E-state index is 0.0123. The van der Waals surface area contributed by atoms with Crippen molar-refractivity contribution in [2.45, 2.75) is 102 Å². The molecule has 0 radical (unpaired) electrons. The van der Waals surface area contributed by atoms with Crippen molar-refractivity contribution in [3.8, 4) is 0 Å². The molecule has 1 heterocycles. The number of nitrogens with zero attached hydrogens (tertiary/aromatic N) is 2. The quantitative estimate of drug-likeness (QED) is 0.0217. The molecule has 0 fully saturated rings. The number of hydrogen-bond donors (Lipinski definition) is 12. The highest BCUT2D eigenvalue weighted by Gasteiger charge is 2.33. The van der Waals surface area contributed by atoms with Crippen LogP contribution < -0.4 is 49.1 Å². The maximum Gasteiger partial charge on any atom is 0.327 e. The van der Waals surface area contributed by atoms with Gasteiger partial charge in [0.1, 0.15) is 30.2 Å². The van der Waals surface area contributed by atoms with Crippen molar-refractivity contribution >= 4 is 60.0 Å². The second-order valence-electron chi connectivity index (χ2n) is 14.6. The number of aliphatic carboxylic acids is 1. The van der Waals surface area contributed by atoms with Gasteiger partial charge in [0.25, 0.3) is 0 Å². The third-order valence-electron chi connectivity index (χ3n) is 9.24. The first-order valence-corrected chi connectivity index (χ1v) is 20.0. The number of aromatic amines is 1. The second-order valence-corrected chi connectivity index (χ2v) is 14.9. The zero-order valence-electron chi connectivity index (χ0n) is 33.9. The van der Waals surface area contributed by atoms with Crippen LogP contribution in [-0.4, -0.2) is 118 Å². The summed E-state index contributed by atoms with van der Waals surface area (Å²) in [7, 11) is 0. The van der Waals surface area contributed by atoms with Gasteiger partial charge in [-0.1, -0.05) is 64.4 Å². The van der Waals surface area contributed by atoms with Gasteiger partial charge in [-0.3, -0.25) is 33.8 Å². The first-order chi connectivity index (χ1) is 27.9. The highest BCUT2D eigenvalue weighted by atomic mass is 32.1. The van der Waals surface area contributed by atoms with Crippen molar-refractivity contribution in [1.29, 1.82) is 0 Å². The predicted molar refractivity (Wildman–Crippen MR) is 223 cm³/mol. The van der Waals surface area contributed by atoms with Crippen molar-refractivity contribution < 1.29 is 38.7 Å². The summed E-state index contributed by atoms with van der Waals surface area (Å²) >= 11 is 3.91. The Labute approximate surface area is 349 Å². The van der Waals surface area contributed by atoms with E-state index in [4.69, 9.17) is 17.2 Å². The molecule has 6 amide bonds. The molecule has 2 aromatic rings. The number of carbonyl (C=O) groups excluding carboxylic acids is 6. The summed E-state index contributed by atoms with van der Waals surface area (Å²) in [6.07, 6.45) is 3.79. The van der Waals surface area contributed by atoms with Gasteiger partial charge < -0.3 is 59.2 Å².